The van der Waals surface area contributed by atoms with Gasteiger partial charge < -0.3 is 19.5 Å². The van der Waals surface area contributed by atoms with Gasteiger partial charge in [0.15, 0.2) is 17.2 Å². The summed E-state index contributed by atoms with van der Waals surface area (Å²) in [5, 5.41) is 11.3. The third kappa shape index (κ3) is 3.19. The van der Waals surface area contributed by atoms with Crippen LogP contribution in [0.3, 0.4) is 0 Å². The molecule has 1 N–H and O–H groups in total. The van der Waals surface area contributed by atoms with Gasteiger partial charge >= 0.3 is 0 Å². The summed E-state index contributed by atoms with van der Waals surface area (Å²) in [6.07, 6.45) is -0.868. The highest BCUT2D eigenvalue weighted by Gasteiger charge is 2.71. The number of carbonyl (C=O) groups is 2. The Labute approximate surface area is 172 Å². The second-order valence-electron chi connectivity index (χ2n) is 8.71. The number of carbonyl (C=O) groups excluding carboxylic acids is 2. The maximum absolute atomic E-state index is 13.9. The van der Waals surface area contributed by atoms with Gasteiger partial charge in [0.05, 0.1) is 5.57 Å². The lowest BCUT2D eigenvalue weighted by molar-refractivity contribution is -0.202. The van der Waals surface area contributed by atoms with Crippen molar-refractivity contribution in [3.05, 3.63) is 47.2 Å². The molecule has 1 aromatic carbocycles. The van der Waals surface area contributed by atoms with E-state index in [-0.39, 0.29) is 23.8 Å². The zero-order valence-corrected chi connectivity index (χ0v) is 18.2. The summed E-state index contributed by atoms with van der Waals surface area (Å²) in [5.41, 5.74) is -0.246. The number of ether oxygens (including phenoxy) is 2. The lowest BCUT2D eigenvalue weighted by Gasteiger charge is -2.41. The van der Waals surface area contributed by atoms with Crippen LogP contribution in [0.2, 0.25) is 0 Å². The quantitative estimate of drug-likeness (QED) is 0.820. The number of rotatable bonds is 5. The highest BCUT2D eigenvalue weighted by atomic mass is 16.7. The summed E-state index contributed by atoms with van der Waals surface area (Å²) in [6.45, 7) is 12.4. The van der Waals surface area contributed by atoms with Crippen LogP contribution in [0.15, 0.2) is 41.7 Å². The Bertz CT molecular complexity index is 834. The van der Waals surface area contributed by atoms with Crippen molar-refractivity contribution in [2.24, 2.45) is 5.92 Å². The van der Waals surface area contributed by atoms with Crippen LogP contribution in [-0.2, 0) is 24.7 Å². The Balaban J connectivity index is 2.24. The molecular weight excluding hydrogens is 370 g/mol. The summed E-state index contributed by atoms with van der Waals surface area (Å²) >= 11 is 0. The van der Waals surface area contributed by atoms with Crippen LogP contribution in [0.4, 0.5) is 0 Å². The van der Waals surface area contributed by atoms with Gasteiger partial charge in [-0.05, 0) is 54.0 Å². The van der Waals surface area contributed by atoms with Crippen LogP contribution in [0.1, 0.15) is 54.0 Å². The maximum atomic E-state index is 13.9. The van der Waals surface area contributed by atoms with Crippen LogP contribution in [0.25, 0.3) is 0 Å². The maximum Gasteiger partial charge on any atom is 0.236 e. The van der Waals surface area contributed by atoms with Crippen molar-refractivity contribution >= 4 is 11.7 Å². The van der Waals surface area contributed by atoms with E-state index in [1.165, 1.54) is 13.8 Å². The molecule has 2 aliphatic rings. The van der Waals surface area contributed by atoms with Crippen molar-refractivity contribution in [1.29, 1.82) is 0 Å². The van der Waals surface area contributed by atoms with Gasteiger partial charge in [-0.3, -0.25) is 9.59 Å². The minimum absolute atomic E-state index is 0.0760. The van der Waals surface area contributed by atoms with Crippen molar-refractivity contribution in [3.63, 3.8) is 0 Å². The van der Waals surface area contributed by atoms with Crippen LogP contribution in [0, 0.1) is 5.92 Å². The van der Waals surface area contributed by atoms with Crippen molar-refractivity contribution in [3.8, 4) is 0 Å². The molecule has 29 heavy (non-hydrogen) atoms. The number of fused-ring (bicyclic) bond motifs is 1. The molecule has 0 aromatic heterocycles. The normalized spacial score (nSPS) is 31.2. The molecule has 1 fully saturated rings. The molecular formula is C23H31NO5. The zero-order chi connectivity index (χ0) is 21.7. The van der Waals surface area contributed by atoms with Crippen LogP contribution < -0.4 is 0 Å². The Hall–Kier alpha value is -2.18. The predicted octanol–water partition coefficient (Wildman–Crippen LogP) is 3.14. The van der Waals surface area contributed by atoms with E-state index in [1.807, 2.05) is 58.0 Å². The Kier molecular flexibility index (Phi) is 5.39. The SMILES string of the molecule is CC(=O)C1=C(C)O[C@@]2(c3ccccc3)C(C(=O)N(C(C)C)C(C)C)C(C)(O)O[C@@H]12. The molecule has 0 bridgehead atoms. The van der Waals surface area contributed by atoms with E-state index < -0.39 is 23.4 Å². The van der Waals surface area contributed by atoms with Gasteiger partial charge in [0.1, 0.15) is 17.8 Å². The molecule has 6 nitrogen and oxygen atoms in total. The number of benzene rings is 1. The molecule has 3 rings (SSSR count). The monoisotopic (exact) mass is 401 g/mol. The van der Waals surface area contributed by atoms with Crippen molar-refractivity contribution < 1.29 is 24.2 Å². The van der Waals surface area contributed by atoms with Crippen molar-refractivity contribution in [1.82, 2.24) is 4.90 Å². The topological polar surface area (TPSA) is 76.1 Å². The number of nitrogens with zero attached hydrogens (tertiary/aromatic N) is 1. The molecule has 6 heteroatoms. The second-order valence-corrected chi connectivity index (χ2v) is 8.71. The number of amides is 1. The lowest BCUT2D eigenvalue weighted by atomic mass is 9.74. The van der Waals surface area contributed by atoms with Gasteiger partial charge in [-0.25, -0.2) is 0 Å². The van der Waals surface area contributed by atoms with Gasteiger partial charge in [0, 0.05) is 12.1 Å². The molecule has 1 aromatic rings. The molecule has 2 heterocycles. The first-order valence-electron chi connectivity index (χ1n) is 10.1. The van der Waals surface area contributed by atoms with E-state index in [1.54, 1.807) is 11.8 Å². The van der Waals surface area contributed by atoms with E-state index in [2.05, 4.69) is 0 Å². The third-order valence-corrected chi connectivity index (χ3v) is 5.89. The fourth-order valence-electron chi connectivity index (χ4n) is 5.00. The van der Waals surface area contributed by atoms with Crippen LogP contribution in [0.5, 0.6) is 0 Å². The highest BCUT2D eigenvalue weighted by Crippen LogP contribution is 2.58. The van der Waals surface area contributed by atoms with Gasteiger partial charge in [-0.15, -0.1) is 0 Å². The summed E-state index contributed by atoms with van der Waals surface area (Å²) < 4.78 is 12.4. The molecule has 1 saturated heterocycles. The minimum Gasteiger partial charge on any atom is -0.482 e. The van der Waals surface area contributed by atoms with E-state index in [0.717, 1.165) is 0 Å². The summed E-state index contributed by atoms with van der Waals surface area (Å²) in [6, 6.07) is 9.12. The molecule has 2 aliphatic heterocycles. The van der Waals surface area contributed by atoms with Gasteiger partial charge in [-0.1, -0.05) is 30.3 Å². The second kappa shape index (κ2) is 7.26. The number of allylic oxidation sites excluding steroid dienone is 1. The molecule has 2 unspecified atom stereocenters. The number of aliphatic hydroxyl groups is 1. The fourth-order valence-corrected chi connectivity index (χ4v) is 5.00. The first-order valence-corrected chi connectivity index (χ1v) is 10.1. The van der Waals surface area contributed by atoms with Crippen LogP contribution >= 0.6 is 0 Å². The smallest absolute Gasteiger partial charge is 0.236 e. The van der Waals surface area contributed by atoms with Crippen molar-refractivity contribution in [2.45, 2.75) is 78.0 Å². The predicted molar refractivity (Wildman–Crippen MR) is 109 cm³/mol. The first kappa shape index (κ1) is 21.5. The molecule has 0 radical (unpaired) electrons. The fraction of sp³-hybridized carbons (Fsp3) is 0.565. The van der Waals surface area contributed by atoms with Gasteiger partial charge in [0.25, 0.3) is 0 Å². The number of Topliss-reactive ketones (excluding diaryl/α,β-unsaturated/α-hetero) is 1. The van der Waals surface area contributed by atoms with E-state index >= 15 is 0 Å². The average Bonchev–Trinajstić information content (AvgIpc) is 2.99. The molecule has 0 saturated carbocycles. The third-order valence-electron chi connectivity index (χ3n) is 5.89. The lowest BCUT2D eigenvalue weighted by Crippen LogP contribution is -2.56. The van der Waals surface area contributed by atoms with Crippen molar-refractivity contribution in [2.75, 3.05) is 0 Å². The average molecular weight is 402 g/mol. The molecule has 4 atom stereocenters. The number of hydrogen-bond donors (Lipinski definition) is 1. The number of hydrogen-bond acceptors (Lipinski definition) is 5. The highest BCUT2D eigenvalue weighted by molar-refractivity contribution is 5.96. The standard InChI is InChI=1S/C23H31NO5/c1-13(2)24(14(3)4)21(26)19-22(7,27)29-20-18(15(5)25)16(6)28-23(19,20)17-11-9-8-10-12-17/h8-14,19-20,27H,1-7H3/t19?,20-,22?,23-/m0/s1. The summed E-state index contributed by atoms with van der Waals surface area (Å²) in [5.74, 6) is -2.87. The molecule has 158 valence electrons. The Morgan fingerprint density at radius 2 is 1.66 bits per heavy atom. The van der Waals surface area contributed by atoms with E-state index in [9.17, 15) is 14.7 Å². The van der Waals surface area contributed by atoms with Gasteiger partial charge in [-0.2, -0.15) is 0 Å². The number of ketones is 1. The largest absolute Gasteiger partial charge is 0.482 e. The van der Waals surface area contributed by atoms with E-state index in [0.29, 0.717) is 16.9 Å². The Morgan fingerprint density at radius 3 is 2.14 bits per heavy atom. The molecule has 1 amide bonds. The Morgan fingerprint density at radius 1 is 1.10 bits per heavy atom. The molecule has 0 spiro atoms. The molecule has 0 aliphatic carbocycles. The van der Waals surface area contributed by atoms with E-state index in [4.69, 9.17) is 9.47 Å². The zero-order valence-electron chi connectivity index (χ0n) is 18.2. The summed E-state index contributed by atoms with van der Waals surface area (Å²) in [4.78, 5) is 28.0. The first-order chi connectivity index (χ1) is 13.4. The van der Waals surface area contributed by atoms with Gasteiger partial charge in [0.2, 0.25) is 5.91 Å². The summed E-state index contributed by atoms with van der Waals surface area (Å²) in [7, 11) is 0. The minimum atomic E-state index is -1.80. The van der Waals surface area contributed by atoms with Crippen LogP contribution in [-0.4, -0.2) is 45.7 Å².